The maximum absolute atomic E-state index is 13.1. The van der Waals surface area contributed by atoms with Crippen LogP contribution < -0.4 is 10.0 Å². The SMILES string of the molecule is COCC(=O)Nc1cccc(NS(=O)(=O)c2c(C)c(C)c(C)c(C)c2C)c1. The number of hydrogen-bond donors (Lipinski definition) is 2. The number of carbonyl (C=O) groups excluding carboxylic acids is 1. The first-order valence-corrected chi connectivity index (χ1v) is 10.1. The zero-order valence-corrected chi connectivity index (χ0v) is 17.4. The van der Waals surface area contributed by atoms with Crippen molar-refractivity contribution in [2.75, 3.05) is 23.8 Å². The molecule has 0 unspecified atom stereocenters. The molecule has 0 saturated heterocycles. The van der Waals surface area contributed by atoms with Crippen LogP contribution in [-0.2, 0) is 19.6 Å². The highest BCUT2D eigenvalue weighted by Crippen LogP contribution is 2.31. The molecule has 0 aliphatic rings. The van der Waals surface area contributed by atoms with Crippen molar-refractivity contribution in [3.63, 3.8) is 0 Å². The Morgan fingerprint density at radius 1 is 0.926 bits per heavy atom. The summed E-state index contributed by atoms with van der Waals surface area (Å²) >= 11 is 0. The maximum Gasteiger partial charge on any atom is 0.262 e. The van der Waals surface area contributed by atoms with E-state index in [1.807, 2.05) is 34.6 Å². The number of hydrogen-bond acceptors (Lipinski definition) is 4. The average molecular weight is 391 g/mol. The van der Waals surface area contributed by atoms with Crippen LogP contribution in [0.5, 0.6) is 0 Å². The first-order chi connectivity index (χ1) is 12.6. The predicted octanol–water partition coefficient (Wildman–Crippen LogP) is 3.61. The molecule has 0 aromatic heterocycles. The van der Waals surface area contributed by atoms with Gasteiger partial charge in [-0.05, 0) is 80.6 Å². The molecule has 0 heterocycles. The van der Waals surface area contributed by atoms with Gasteiger partial charge >= 0.3 is 0 Å². The van der Waals surface area contributed by atoms with Crippen molar-refractivity contribution in [1.82, 2.24) is 0 Å². The van der Waals surface area contributed by atoms with Gasteiger partial charge in [0.05, 0.1) is 10.6 Å². The van der Waals surface area contributed by atoms with Crippen LogP contribution in [-0.4, -0.2) is 28.0 Å². The molecule has 0 fully saturated rings. The van der Waals surface area contributed by atoms with E-state index in [2.05, 4.69) is 10.0 Å². The lowest BCUT2D eigenvalue weighted by Crippen LogP contribution is -2.19. The highest BCUT2D eigenvalue weighted by molar-refractivity contribution is 7.92. The number of ether oxygens (including phenoxy) is 1. The minimum atomic E-state index is -3.78. The first kappa shape index (κ1) is 20.9. The number of rotatable bonds is 6. The van der Waals surface area contributed by atoms with Crippen LogP contribution in [0.4, 0.5) is 11.4 Å². The third-order valence-electron chi connectivity index (χ3n) is 4.87. The minimum Gasteiger partial charge on any atom is -0.375 e. The molecule has 2 aromatic carbocycles. The van der Waals surface area contributed by atoms with Crippen molar-refractivity contribution in [2.45, 2.75) is 39.5 Å². The first-order valence-electron chi connectivity index (χ1n) is 8.57. The molecule has 27 heavy (non-hydrogen) atoms. The van der Waals surface area contributed by atoms with Gasteiger partial charge in [0.2, 0.25) is 5.91 Å². The van der Waals surface area contributed by atoms with Crippen LogP contribution in [0.3, 0.4) is 0 Å². The van der Waals surface area contributed by atoms with Gasteiger partial charge in [-0.1, -0.05) is 6.07 Å². The molecule has 2 N–H and O–H groups in total. The molecular weight excluding hydrogens is 364 g/mol. The quantitative estimate of drug-likeness (QED) is 0.789. The van der Waals surface area contributed by atoms with Gasteiger partial charge in [0.15, 0.2) is 0 Å². The standard InChI is InChI=1S/C20H26N2O4S/c1-12-13(2)15(4)20(16(5)14(12)3)27(24,25)22-18-9-7-8-17(10-18)21-19(23)11-26-6/h7-10,22H,11H2,1-6H3,(H,21,23). The van der Waals surface area contributed by atoms with E-state index in [4.69, 9.17) is 4.74 Å². The summed E-state index contributed by atoms with van der Waals surface area (Å²) in [5, 5.41) is 2.66. The monoisotopic (exact) mass is 390 g/mol. The van der Waals surface area contributed by atoms with Crippen molar-refractivity contribution >= 4 is 27.3 Å². The second kappa shape index (κ2) is 8.10. The minimum absolute atomic E-state index is 0.0732. The number of sulfonamides is 1. The summed E-state index contributed by atoms with van der Waals surface area (Å²) in [5.74, 6) is -0.311. The summed E-state index contributed by atoms with van der Waals surface area (Å²) in [4.78, 5) is 12.0. The van der Waals surface area contributed by atoms with Crippen LogP contribution in [0.15, 0.2) is 29.2 Å². The fraction of sp³-hybridized carbons (Fsp3) is 0.350. The van der Waals surface area contributed by atoms with Gasteiger partial charge < -0.3 is 10.1 Å². The van der Waals surface area contributed by atoms with Crippen molar-refractivity contribution < 1.29 is 17.9 Å². The lowest BCUT2D eigenvalue weighted by atomic mass is 9.95. The van der Waals surface area contributed by atoms with Crippen molar-refractivity contribution in [2.24, 2.45) is 0 Å². The Morgan fingerprint density at radius 3 is 2.00 bits per heavy atom. The second-order valence-electron chi connectivity index (χ2n) is 6.62. The van der Waals surface area contributed by atoms with E-state index in [9.17, 15) is 13.2 Å². The summed E-state index contributed by atoms with van der Waals surface area (Å²) in [6.07, 6.45) is 0. The number of carbonyl (C=O) groups is 1. The third-order valence-corrected chi connectivity index (χ3v) is 6.53. The van der Waals surface area contributed by atoms with E-state index in [1.165, 1.54) is 7.11 Å². The molecule has 0 saturated carbocycles. The zero-order chi connectivity index (χ0) is 20.4. The Labute approximate surface area is 161 Å². The van der Waals surface area contributed by atoms with E-state index in [-0.39, 0.29) is 12.5 Å². The molecule has 146 valence electrons. The Hall–Kier alpha value is -2.38. The Bertz CT molecular complexity index is 953. The summed E-state index contributed by atoms with van der Waals surface area (Å²) in [5.41, 5.74) is 5.40. The van der Waals surface area contributed by atoms with E-state index in [0.717, 1.165) is 27.8 Å². The summed E-state index contributed by atoms with van der Waals surface area (Å²) < 4.78 is 33.6. The zero-order valence-electron chi connectivity index (χ0n) is 16.6. The Morgan fingerprint density at radius 2 is 1.44 bits per heavy atom. The van der Waals surface area contributed by atoms with E-state index in [1.54, 1.807) is 24.3 Å². The van der Waals surface area contributed by atoms with Crippen molar-refractivity contribution in [3.8, 4) is 0 Å². The Balaban J connectivity index is 2.40. The van der Waals surface area contributed by atoms with Gasteiger partial charge in [0, 0.05) is 12.8 Å². The van der Waals surface area contributed by atoms with Crippen LogP contribution >= 0.6 is 0 Å². The van der Waals surface area contributed by atoms with Gasteiger partial charge in [-0.2, -0.15) is 0 Å². The van der Waals surface area contributed by atoms with Crippen LogP contribution in [0.25, 0.3) is 0 Å². The van der Waals surface area contributed by atoms with Crippen LogP contribution in [0.2, 0.25) is 0 Å². The average Bonchev–Trinajstić information content (AvgIpc) is 2.58. The van der Waals surface area contributed by atoms with E-state index >= 15 is 0 Å². The smallest absolute Gasteiger partial charge is 0.262 e. The van der Waals surface area contributed by atoms with Gasteiger partial charge in [-0.25, -0.2) is 8.42 Å². The van der Waals surface area contributed by atoms with Gasteiger partial charge in [0.1, 0.15) is 6.61 Å². The number of anilines is 2. The molecule has 0 aliphatic carbocycles. The second-order valence-corrected chi connectivity index (χ2v) is 8.24. The lowest BCUT2D eigenvalue weighted by Gasteiger charge is -2.19. The molecule has 6 nitrogen and oxygen atoms in total. The fourth-order valence-electron chi connectivity index (χ4n) is 3.06. The highest BCUT2D eigenvalue weighted by Gasteiger charge is 2.23. The van der Waals surface area contributed by atoms with E-state index < -0.39 is 10.0 Å². The molecule has 2 rings (SSSR count). The molecule has 0 atom stereocenters. The van der Waals surface area contributed by atoms with Gasteiger partial charge in [0.25, 0.3) is 10.0 Å². The molecule has 1 amide bonds. The summed E-state index contributed by atoms with van der Waals surface area (Å²) in [7, 11) is -2.35. The molecular formula is C20H26N2O4S. The van der Waals surface area contributed by atoms with Crippen LogP contribution in [0.1, 0.15) is 27.8 Å². The summed E-state index contributed by atoms with van der Waals surface area (Å²) in [6.45, 7) is 9.44. The molecule has 0 bridgehead atoms. The maximum atomic E-state index is 13.1. The fourth-order valence-corrected chi connectivity index (χ4v) is 4.72. The highest BCUT2D eigenvalue weighted by atomic mass is 32.2. The van der Waals surface area contributed by atoms with Crippen molar-refractivity contribution in [3.05, 3.63) is 52.1 Å². The molecule has 0 radical (unpaired) electrons. The molecule has 0 spiro atoms. The largest absolute Gasteiger partial charge is 0.375 e. The summed E-state index contributed by atoms with van der Waals surface area (Å²) in [6, 6.07) is 6.57. The van der Waals surface area contributed by atoms with Gasteiger partial charge in [-0.3, -0.25) is 9.52 Å². The number of methoxy groups -OCH3 is 1. The number of amides is 1. The van der Waals surface area contributed by atoms with Gasteiger partial charge in [-0.15, -0.1) is 0 Å². The topological polar surface area (TPSA) is 84.5 Å². The molecule has 0 aliphatic heterocycles. The predicted molar refractivity (Wildman–Crippen MR) is 108 cm³/mol. The number of nitrogens with one attached hydrogen (secondary N) is 2. The van der Waals surface area contributed by atoms with Crippen molar-refractivity contribution in [1.29, 1.82) is 0 Å². The van der Waals surface area contributed by atoms with Crippen LogP contribution in [0, 0.1) is 34.6 Å². The van der Waals surface area contributed by atoms with E-state index in [0.29, 0.717) is 16.3 Å². The normalized spacial score (nSPS) is 11.3. The Kier molecular flexibility index (Phi) is 6.28. The lowest BCUT2D eigenvalue weighted by molar-refractivity contribution is -0.119. The molecule has 7 heteroatoms. The number of benzene rings is 2. The third kappa shape index (κ3) is 4.48. The molecule has 2 aromatic rings.